The first-order valence-corrected chi connectivity index (χ1v) is 15.8. The van der Waals surface area contributed by atoms with Crippen molar-refractivity contribution < 1.29 is 9.47 Å². The standard InChI is InChI=1S/C39H40N4O2/c1-23-16-25(3)38(26(4)17-23)39-27(5)41-43(28(39)6)29-18-24(2)19-32(20-29)45-31-12-13-34-33-10-8-9-11-35(33)42(36(34)21-31)37-22-30(44-7)14-15-40-37/h8-16,18-23,26,38H,17H2,1-7H3/t23-,26-,38?/m0/s1. The summed E-state index contributed by atoms with van der Waals surface area (Å²) < 4.78 is 16.4. The van der Waals surface area contributed by atoms with Crippen LogP contribution in [0.4, 0.5) is 0 Å². The maximum absolute atomic E-state index is 6.59. The molecule has 0 amide bonds. The van der Waals surface area contributed by atoms with Crippen LogP contribution >= 0.6 is 0 Å². The number of fused-ring (bicyclic) bond motifs is 3. The topological polar surface area (TPSA) is 54.1 Å². The van der Waals surface area contributed by atoms with Crippen LogP contribution in [0.5, 0.6) is 17.2 Å². The van der Waals surface area contributed by atoms with E-state index in [0.717, 1.165) is 61.8 Å². The zero-order valence-electron chi connectivity index (χ0n) is 27.1. The minimum absolute atomic E-state index is 0.396. The van der Waals surface area contributed by atoms with E-state index in [2.05, 4.69) is 111 Å². The third kappa shape index (κ3) is 5.08. The highest BCUT2D eigenvalue weighted by atomic mass is 16.5. The smallest absolute Gasteiger partial charge is 0.141 e. The minimum atomic E-state index is 0.396. The van der Waals surface area contributed by atoms with Crippen molar-refractivity contribution in [2.75, 3.05) is 7.11 Å². The van der Waals surface area contributed by atoms with Crippen LogP contribution in [0.15, 0.2) is 90.6 Å². The van der Waals surface area contributed by atoms with Crippen molar-refractivity contribution in [3.05, 3.63) is 113 Å². The summed E-state index contributed by atoms with van der Waals surface area (Å²) >= 11 is 0. The molecule has 0 saturated carbocycles. The van der Waals surface area contributed by atoms with E-state index in [0.29, 0.717) is 17.8 Å². The van der Waals surface area contributed by atoms with Crippen LogP contribution in [0.3, 0.4) is 0 Å². The second kappa shape index (κ2) is 11.3. The lowest BCUT2D eigenvalue weighted by atomic mass is 9.72. The number of methoxy groups -OCH3 is 1. The molecule has 0 saturated heterocycles. The van der Waals surface area contributed by atoms with Gasteiger partial charge in [-0.2, -0.15) is 5.10 Å². The Morgan fingerprint density at radius 3 is 2.40 bits per heavy atom. The highest BCUT2D eigenvalue weighted by molar-refractivity contribution is 6.09. The number of aromatic nitrogens is 4. The van der Waals surface area contributed by atoms with E-state index in [4.69, 9.17) is 19.6 Å². The Hall–Kier alpha value is -4.84. The Morgan fingerprint density at radius 1 is 0.800 bits per heavy atom. The van der Waals surface area contributed by atoms with Crippen LogP contribution in [-0.4, -0.2) is 26.4 Å². The summed E-state index contributed by atoms with van der Waals surface area (Å²) in [7, 11) is 1.68. The Morgan fingerprint density at radius 2 is 1.60 bits per heavy atom. The zero-order valence-corrected chi connectivity index (χ0v) is 27.1. The fourth-order valence-corrected chi connectivity index (χ4v) is 7.62. The number of allylic oxidation sites excluding steroid dienone is 2. The quantitative estimate of drug-likeness (QED) is 0.180. The summed E-state index contributed by atoms with van der Waals surface area (Å²) in [5, 5.41) is 7.37. The summed E-state index contributed by atoms with van der Waals surface area (Å²) in [6.45, 7) is 13.4. The van der Waals surface area contributed by atoms with Gasteiger partial charge in [-0.3, -0.25) is 4.57 Å². The molecule has 3 heterocycles. The molecule has 1 aliphatic rings. The van der Waals surface area contributed by atoms with E-state index >= 15 is 0 Å². The fourth-order valence-electron chi connectivity index (χ4n) is 7.62. The van der Waals surface area contributed by atoms with Crippen molar-refractivity contribution in [1.82, 2.24) is 19.3 Å². The van der Waals surface area contributed by atoms with Crippen LogP contribution in [0.2, 0.25) is 0 Å². The van der Waals surface area contributed by atoms with Gasteiger partial charge in [0, 0.05) is 52.3 Å². The predicted octanol–water partition coefficient (Wildman–Crippen LogP) is 9.80. The second-order valence-electron chi connectivity index (χ2n) is 12.8. The number of aryl methyl sites for hydroxylation is 2. The monoisotopic (exact) mass is 596 g/mol. The van der Waals surface area contributed by atoms with Gasteiger partial charge in [-0.25, -0.2) is 9.67 Å². The van der Waals surface area contributed by atoms with E-state index in [1.54, 1.807) is 13.3 Å². The summed E-state index contributed by atoms with van der Waals surface area (Å²) in [6.07, 6.45) is 5.42. The summed E-state index contributed by atoms with van der Waals surface area (Å²) in [5.74, 6) is 4.68. The molecule has 228 valence electrons. The normalized spacial score (nSPS) is 18.4. The summed E-state index contributed by atoms with van der Waals surface area (Å²) in [6, 6.07) is 24.9. The molecule has 3 atom stereocenters. The largest absolute Gasteiger partial charge is 0.497 e. The lowest BCUT2D eigenvalue weighted by Gasteiger charge is -2.32. The average Bonchev–Trinajstić information content (AvgIpc) is 3.49. The van der Waals surface area contributed by atoms with Crippen molar-refractivity contribution in [2.45, 2.75) is 53.9 Å². The molecule has 0 bridgehead atoms. The van der Waals surface area contributed by atoms with E-state index in [9.17, 15) is 0 Å². The Labute approximate surface area is 264 Å². The van der Waals surface area contributed by atoms with Crippen molar-refractivity contribution >= 4 is 21.8 Å². The number of ether oxygens (including phenoxy) is 2. The first-order valence-electron chi connectivity index (χ1n) is 15.8. The maximum Gasteiger partial charge on any atom is 0.141 e. The molecule has 6 aromatic rings. The number of hydrogen-bond acceptors (Lipinski definition) is 4. The molecule has 7 rings (SSSR count). The van der Waals surface area contributed by atoms with E-state index in [1.165, 1.54) is 23.3 Å². The Bertz CT molecular complexity index is 2100. The molecule has 0 N–H and O–H groups in total. The fraction of sp³-hybridized carbons (Fsp3) is 0.282. The number of hydrogen-bond donors (Lipinski definition) is 0. The van der Waals surface area contributed by atoms with Gasteiger partial charge in [0.25, 0.3) is 0 Å². The molecule has 0 aliphatic heterocycles. The molecule has 6 nitrogen and oxygen atoms in total. The van der Waals surface area contributed by atoms with Gasteiger partial charge < -0.3 is 9.47 Å². The van der Waals surface area contributed by atoms with Gasteiger partial charge in [0.1, 0.15) is 23.1 Å². The van der Waals surface area contributed by atoms with Crippen molar-refractivity contribution in [1.29, 1.82) is 0 Å². The molecule has 0 radical (unpaired) electrons. The van der Waals surface area contributed by atoms with Gasteiger partial charge in [0.15, 0.2) is 0 Å². The predicted molar refractivity (Wildman–Crippen MR) is 182 cm³/mol. The summed E-state index contributed by atoms with van der Waals surface area (Å²) in [4.78, 5) is 4.69. The highest BCUT2D eigenvalue weighted by Gasteiger charge is 2.31. The number of benzene rings is 3. The molecule has 3 aromatic heterocycles. The van der Waals surface area contributed by atoms with Crippen LogP contribution in [0.25, 0.3) is 33.3 Å². The lowest BCUT2D eigenvalue weighted by molar-refractivity contribution is 0.390. The Balaban J connectivity index is 1.28. The number of pyridine rings is 1. The molecule has 1 aliphatic carbocycles. The molecule has 6 heteroatoms. The van der Waals surface area contributed by atoms with Crippen molar-refractivity contribution in [2.24, 2.45) is 11.8 Å². The second-order valence-corrected chi connectivity index (χ2v) is 12.8. The molecule has 45 heavy (non-hydrogen) atoms. The molecule has 0 fully saturated rings. The van der Waals surface area contributed by atoms with Crippen LogP contribution < -0.4 is 9.47 Å². The number of nitrogens with zero attached hydrogens (tertiary/aromatic N) is 4. The number of rotatable bonds is 6. The Kier molecular flexibility index (Phi) is 7.23. The lowest BCUT2D eigenvalue weighted by Crippen LogP contribution is -2.20. The van der Waals surface area contributed by atoms with Crippen molar-refractivity contribution in [3.8, 4) is 28.8 Å². The van der Waals surface area contributed by atoms with E-state index in [1.807, 2.05) is 18.2 Å². The van der Waals surface area contributed by atoms with Gasteiger partial charge in [0.05, 0.1) is 29.5 Å². The zero-order chi connectivity index (χ0) is 31.4. The molecular formula is C39H40N4O2. The van der Waals surface area contributed by atoms with Crippen LogP contribution in [-0.2, 0) is 0 Å². The highest BCUT2D eigenvalue weighted by Crippen LogP contribution is 2.43. The van der Waals surface area contributed by atoms with E-state index < -0.39 is 0 Å². The van der Waals surface area contributed by atoms with Gasteiger partial charge >= 0.3 is 0 Å². The van der Waals surface area contributed by atoms with Gasteiger partial charge in [0.2, 0.25) is 0 Å². The van der Waals surface area contributed by atoms with Gasteiger partial charge in [-0.15, -0.1) is 0 Å². The third-order valence-corrected chi connectivity index (χ3v) is 9.35. The molecule has 3 aromatic carbocycles. The number of para-hydroxylation sites is 1. The molecular weight excluding hydrogens is 556 g/mol. The van der Waals surface area contributed by atoms with E-state index in [-0.39, 0.29) is 0 Å². The minimum Gasteiger partial charge on any atom is -0.497 e. The van der Waals surface area contributed by atoms with Crippen molar-refractivity contribution in [3.63, 3.8) is 0 Å². The molecule has 0 spiro atoms. The first-order chi connectivity index (χ1) is 21.7. The summed E-state index contributed by atoms with van der Waals surface area (Å²) in [5.41, 5.74) is 9.32. The third-order valence-electron chi connectivity index (χ3n) is 9.35. The molecule has 1 unspecified atom stereocenters. The first kappa shape index (κ1) is 28.9. The maximum atomic E-state index is 6.59. The van der Waals surface area contributed by atoms with Crippen LogP contribution in [0, 0.1) is 32.6 Å². The average molecular weight is 597 g/mol. The SMILES string of the molecule is COc1ccnc(-n2c3ccccc3c3ccc(Oc4cc(C)cc(-n5nc(C)c(C6C(C)=C[C@H](C)C[C@@H]6C)c5C)c4)cc32)c1. The van der Waals surface area contributed by atoms with Gasteiger partial charge in [-0.05, 0) is 87.9 Å². The van der Waals surface area contributed by atoms with Gasteiger partial charge in [-0.1, -0.05) is 43.7 Å². The van der Waals surface area contributed by atoms with Crippen LogP contribution in [0.1, 0.15) is 55.6 Å².